The molecule has 5 rings (SSSR count). The van der Waals surface area contributed by atoms with Gasteiger partial charge in [0.1, 0.15) is 17.4 Å². The number of aromatic amines is 1. The molecule has 8 nitrogen and oxygen atoms in total. The number of carbonyl (C=O) groups excluding carboxylic acids is 1. The lowest BCUT2D eigenvalue weighted by atomic mass is 10.1. The van der Waals surface area contributed by atoms with Gasteiger partial charge in [0.2, 0.25) is 5.91 Å². The van der Waals surface area contributed by atoms with Gasteiger partial charge in [-0.15, -0.1) is 0 Å². The lowest BCUT2D eigenvalue weighted by molar-refractivity contribution is -0.121. The first kappa shape index (κ1) is 26.3. The number of carbonyl (C=O) groups is 1. The number of nitrogens with one attached hydrogen (secondary N) is 1. The maximum absolute atomic E-state index is 13.8. The summed E-state index contributed by atoms with van der Waals surface area (Å²) >= 11 is 3.17. The summed E-state index contributed by atoms with van der Waals surface area (Å²) < 4.78 is 42.4. The Morgan fingerprint density at radius 3 is 2.74 bits per heavy atom. The minimum atomic E-state index is -3.66. The molecule has 0 aliphatic carbocycles. The van der Waals surface area contributed by atoms with Crippen LogP contribution in [0.4, 0.5) is 10.1 Å². The number of fused-ring (bicyclic) bond motifs is 1. The van der Waals surface area contributed by atoms with Crippen LogP contribution in [0.2, 0.25) is 0 Å². The molecule has 1 amide bonds. The molecule has 0 spiro atoms. The Morgan fingerprint density at radius 2 is 1.97 bits per heavy atom. The summed E-state index contributed by atoms with van der Waals surface area (Å²) in [4.78, 5) is 24.7. The van der Waals surface area contributed by atoms with Crippen molar-refractivity contribution in [2.24, 2.45) is 0 Å². The quantitative estimate of drug-likeness (QED) is 0.303. The molecule has 1 N–H and O–H groups in total. The Balaban J connectivity index is 1.21. The number of hydrogen-bond donors (Lipinski definition) is 1. The highest BCUT2D eigenvalue weighted by Crippen LogP contribution is 2.31. The summed E-state index contributed by atoms with van der Waals surface area (Å²) in [5.41, 5.74) is 2.52. The van der Waals surface area contributed by atoms with E-state index in [1.165, 1.54) is 6.07 Å². The van der Waals surface area contributed by atoms with Crippen molar-refractivity contribution in [2.45, 2.75) is 12.8 Å². The highest BCUT2D eigenvalue weighted by molar-refractivity contribution is 9.10. The third-order valence-corrected chi connectivity index (χ3v) is 7.54. The molecular formula is C27H26BrFN4O4S. The van der Waals surface area contributed by atoms with Crippen molar-refractivity contribution in [1.82, 2.24) is 14.9 Å². The SMILES string of the molecule is CS(=O)(=O)Oc1ccc2cccc(N3CCN(CCc4cnc(Cc5ccc(Br)c(F)c5)[nH]4)CC3=O)c2c1. The molecule has 1 aliphatic rings. The minimum absolute atomic E-state index is 0.0271. The second-order valence-electron chi connectivity index (χ2n) is 9.30. The molecule has 0 unspecified atom stereocenters. The first-order chi connectivity index (χ1) is 18.1. The highest BCUT2D eigenvalue weighted by Gasteiger charge is 2.26. The fourth-order valence-electron chi connectivity index (χ4n) is 4.61. The number of imidazole rings is 1. The number of piperazine rings is 1. The van der Waals surface area contributed by atoms with Gasteiger partial charge >= 0.3 is 10.1 Å². The van der Waals surface area contributed by atoms with Gasteiger partial charge < -0.3 is 14.1 Å². The number of rotatable bonds is 8. The molecule has 2 heterocycles. The normalized spacial score (nSPS) is 14.8. The number of anilines is 1. The van der Waals surface area contributed by atoms with Gasteiger partial charge in [0.05, 0.1) is 23.0 Å². The summed E-state index contributed by atoms with van der Waals surface area (Å²) in [6.45, 7) is 2.17. The van der Waals surface area contributed by atoms with Gasteiger partial charge in [0, 0.05) is 49.8 Å². The van der Waals surface area contributed by atoms with Crippen LogP contribution in [-0.4, -0.2) is 61.6 Å². The van der Waals surface area contributed by atoms with Crippen LogP contribution in [0.25, 0.3) is 10.8 Å². The summed E-state index contributed by atoms with van der Waals surface area (Å²) in [6.07, 6.45) is 3.99. The number of aromatic nitrogens is 2. The lowest BCUT2D eigenvalue weighted by Crippen LogP contribution is -2.51. The molecule has 1 fully saturated rings. The molecular weight excluding hydrogens is 575 g/mol. The molecule has 4 aromatic rings. The van der Waals surface area contributed by atoms with E-state index in [2.05, 4.69) is 30.8 Å². The molecule has 0 atom stereocenters. The van der Waals surface area contributed by atoms with Gasteiger partial charge in [0.25, 0.3) is 0 Å². The van der Waals surface area contributed by atoms with Crippen LogP contribution in [0.1, 0.15) is 17.1 Å². The van der Waals surface area contributed by atoms with Crippen molar-refractivity contribution in [3.63, 3.8) is 0 Å². The van der Waals surface area contributed by atoms with Crippen LogP contribution in [0.5, 0.6) is 5.75 Å². The van der Waals surface area contributed by atoms with Gasteiger partial charge in [-0.25, -0.2) is 9.37 Å². The smallest absolute Gasteiger partial charge is 0.306 e. The van der Waals surface area contributed by atoms with Gasteiger partial charge in [-0.2, -0.15) is 8.42 Å². The molecule has 1 saturated heterocycles. The number of benzene rings is 3. The van der Waals surface area contributed by atoms with Crippen LogP contribution in [-0.2, 0) is 27.8 Å². The zero-order chi connectivity index (χ0) is 26.9. The zero-order valence-corrected chi connectivity index (χ0v) is 23.1. The fraction of sp³-hybridized carbons (Fsp3) is 0.259. The first-order valence-corrected chi connectivity index (χ1v) is 14.7. The van der Waals surface area contributed by atoms with Crippen LogP contribution < -0.4 is 9.08 Å². The van der Waals surface area contributed by atoms with Gasteiger partial charge in [-0.1, -0.05) is 24.3 Å². The lowest BCUT2D eigenvalue weighted by Gasteiger charge is -2.34. The fourth-order valence-corrected chi connectivity index (χ4v) is 5.31. The Hall–Kier alpha value is -3.28. The summed E-state index contributed by atoms with van der Waals surface area (Å²) in [5.74, 6) is 0.644. The average molecular weight is 601 g/mol. The third-order valence-electron chi connectivity index (χ3n) is 6.40. The van der Waals surface area contributed by atoms with E-state index in [1.807, 2.05) is 24.3 Å². The monoisotopic (exact) mass is 600 g/mol. The van der Waals surface area contributed by atoms with E-state index < -0.39 is 10.1 Å². The average Bonchev–Trinajstić information content (AvgIpc) is 3.31. The third kappa shape index (κ3) is 6.23. The van der Waals surface area contributed by atoms with Crippen molar-refractivity contribution in [3.05, 3.63) is 88.2 Å². The van der Waals surface area contributed by atoms with Gasteiger partial charge in [-0.05, 0) is 57.2 Å². The van der Waals surface area contributed by atoms with E-state index in [0.29, 0.717) is 36.9 Å². The Bertz CT molecular complexity index is 1610. The van der Waals surface area contributed by atoms with Gasteiger partial charge in [0.15, 0.2) is 0 Å². The standard InChI is InChI=1S/C27H26BrFN4O4S/c1-38(35,36)37-21-7-6-19-3-2-4-25(22(19)15-21)33-12-11-32(17-27(33)34)10-9-20-16-30-26(31-20)14-18-5-8-23(28)24(29)13-18/h2-8,13,15-16H,9-12,14,17H2,1H3,(H,30,31). The highest BCUT2D eigenvalue weighted by atomic mass is 79.9. The van der Waals surface area contributed by atoms with E-state index >= 15 is 0 Å². The number of H-pyrrole nitrogens is 1. The number of hydrogen-bond acceptors (Lipinski definition) is 6. The molecule has 0 bridgehead atoms. The maximum atomic E-state index is 13.8. The number of nitrogens with zero attached hydrogens (tertiary/aromatic N) is 3. The Kier molecular flexibility index (Phi) is 7.51. The van der Waals surface area contributed by atoms with Crippen molar-refractivity contribution < 1.29 is 21.8 Å². The molecule has 0 radical (unpaired) electrons. The number of amides is 1. The Morgan fingerprint density at radius 1 is 1.13 bits per heavy atom. The predicted molar refractivity (Wildman–Crippen MR) is 147 cm³/mol. The predicted octanol–water partition coefficient (Wildman–Crippen LogP) is 4.29. The van der Waals surface area contributed by atoms with E-state index in [4.69, 9.17) is 4.18 Å². The summed E-state index contributed by atoms with van der Waals surface area (Å²) in [5, 5.41) is 1.64. The van der Waals surface area contributed by atoms with Crippen LogP contribution >= 0.6 is 15.9 Å². The van der Waals surface area contributed by atoms with E-state index in [0.717, 1.165) is 39.8 Å². The maximum Gasteiger partial charge on any atom is 0.306 e. The van der Waals surface area contributed by atoms with Crippen LogP contribution in [0, 0.1) is 5.82 Å². The van der Waals surface area contributed by atoms with Crippen molar-refractivity contribution in [1.29, 1.82) is 0 Å². The molecule has 1 aromatic heterocycles. The van der Waals surface area contributed by atoms with E-state index in [9.17, 15) is 17.6 Å². The molecule has 198 valence electrons. The van der Waals surface area contributed by atoms with E-state index in [1.54, 1.807) is 35.4 Å². The summed E-state index contributed by atoms with van der Waals surface area (Å²) in [7, 11) is -3.66. The second-order valence-corrected chi connectivity index (χ2v) is 11.7. The first-order valence-electron chi connectivity index (χ1n) is 12.1. The largest absolute Gasteiger partial charge is 0.383 e. The van der Waals surface area contributed by atoms with Crippen molar-refractivity contribution >= 4 is 48.4 Å². The summed E-state index contributed by atoms with van der Waals surface area (Å²) in [6, 6.07) is 15.7. The molecule has 0 saturated carbocycles. The molecule has 38 heavy (non-hydrogen) atoms. The molecule has 11 heteroatoms. The minimum Gasteiger partial charge on any atom is -0.383 e. The Labute approximate surface area is 228 Å². The second kappa shape index (κ2) is 10.8. The zero-order valence-electron chi connectivity index (χ0n) is 20.7. The molecule has 3 aromatic carbocycles. The van der Waals surface area contributed by atoms with Crippen molar-refractivity contribution in [3.8, 4) is 5.75 Å². The van der Waals surface area contributed by atoms with Crippen LogP contribution in [0.15, 0.2) is 65.3 Å². The topological polar surface area (TPSA) is 95.6 Å². The molecule has 1 aliphatic heterocycles. The van der Waals surface area contributed by atoms with Crippen LogP contribution in [0.3, 0.4) is 0 Å². The van der Waals surface area contributed by atoms with Gasteiger partial charge in [-0.3, -0.25) is 9.69 Å². The number of halogens is 2. The van der Waals surface area contributed by atoms with Crippen molar-refractivity contribution in [2.75, 3.05) is 37.3 Å². The van der Waals surface area contributed by atoms with E-state index in [-0.39, 0.29) is 24.0 Å².